The fourth-order valence-electron chi connectivity index (χ4n) is 4.30. The van der Waals surface area contributed by atoms with Crippen molar-refractivity contribution in [3.05, 3.63) is 87.1 Å². The van der Waals surface area contributed by atoms with Gasteiger partial charge in [0.15, 0.2) is 5.82 Å². The van der Waals surface area contributed by atoms with Crippen LogP contribution in [-0.2, 0) is 6.42 Å². The van der Waals surface area contributed by atoms with Crippen molar-refractivity contribution < 1.29 is 4.39 Å². The Morgan fingerprint density at radius 2 is 1.78 bits per heavy atom. The third-order valence-electron chi connectivity index (χ3n) is 5.77. The molecule has 1 atom stereocenters. The molecule has 0 saturated heterocycles. The van der Waals surface area contributed by atoms with Gasteiger partial charge in [0.1, 0.15) is 23.5 Å². The average Bonchev–Trinajstić information content (AvgIpc) is 3.20. The van der Waals surface area contributed by atoms with Crippen LogP contribution in [0.2, 0.25) is 5.02 Å². The zero-order valence-corrected chi connectivity index (χ0v) is 17.8. The molecule has 5 rings (SSSR count). The van der Waals surface area contributed by atoms with E-state index in [1.807, 2.05) is 48.2 Å². The van der Waals surface area contributed by atoms with Gasteiger partial charge in [-0.25, -0.2) is 14.4 Å². The molecule has 1 aliphatic rings. The zero-order valence-electron chi connectivity index (χ0n) is 17.0. The van der Waals surface area contributed by atoms with Crippen LogP contribution in [0.3, 0.4) is 0 Å². The number of aromatic nitrogens is 3. The lowest BCUT2D eigenvalue weighted by atomic mass is 9.92. The van der Waals surface area contributed by atoms with Gasteiger partial charge >= 0.3 is 0 Å². The third kappa shape index (κ3) is 3.15. The highest BCUT2D eigenvalue weighted by molar-refractivity contribution is 6.31. The Bertz CT molecular complexity index is 1410. The van der Waals surface area contributed by atoms with E-state index < -0.39 is 5.82 Å². The summed E-state index contributed by atoms with van der Waals surface area (Å²) in [5, 5.41) is 19.3. The molecule has 0 spiro atoms. The van der Waals surface area contributed by atoms with Crippen LogP contribution >= 0.6 is 11.6 Å². The van der Waals surface area contributed by atoms with Gasteiger partial charge in [0, 0.05) is 29.2 Å². The summed E-state index contributed by atoms with van der Waals surface area (Å²) in [5.74, 6) is -0.152. The summed E-state index contributed by atoms with van der Waals surface area (Å²) in [4.78, 5) is 14.1. The Hall–Kier alpha value is -3.94. The minimum atomic E-state index is -0.438. The molecule has 156 valence electrons. The molecule has 4 aromatic rings. The standard InChI is InChI=1S/C24H16ClFN6/c1-13-2-4-14(5-3-13)23-22-17(20-19(31-22)7-6-18(25)21(20)26)8-9-32(23)24-29-15(11-27)10-16(12-28)30-24/h2-7,10,23,31H,8-9H2,1H3. The second kappa shape index (κ2) is 7.64. The van der Waals surface area contributed by atoms with Crippen molar-refractivity contribution in [1.29, 1.82) is 10.5 Å². The molecule has 1 unspecified atom stereocenters. The fraction of sp³-hybridized carbons (Fsp3) is 0.167. The molecule has 8 heteroatoms. The van der Waals surface area contributed by atoms with Crippen molar-refractivity contribution in [2.75, 3.05) is 11.4 Å². The second-order valence-corrected chi connectivity index (χ2v) is 8.13. The maximum Gasteiger partial charge on any atom is 0.228 e. The number of fused-ring (bicyclic) bond motifs is 3. The summed E-state index contributed by atoms with van der Waals surface area (Å²) < 4.78 is 15.0. The van der Waals surface area contributed by atoms with Gasteiger partial charge < -0.3 is 9.88 Å². The summed E-state index contributed by atoms with van der Waals surface area (Å²) in [6.07, 6.45) is 0.525. The van der Waals surface area contributed by atoms with E-state index in [9.17, 15) is 14.9 Å². The van der Waals surface area contributed by atoms with Gasteiger partial charge in [-0.3, -0.25) is 0 Å². The summed E-state index contributed by atoms with van der Waals surface area (Å²) in [6, 6.07) is 16.4. The number of nitrogens with zero attached hydrogens (tertiary/aromatic N) is 5. The third-order valence-corrected chi connectivity index (χ3v) is 6.06. The number of nitriles is 2. The molecule has 6 nitrogen and oxygen atoms in total. The number of aryl methyl sites for hydroxylation is 1. The van der Waals surface area contributed by atoms with Crippen LogP contribution in [0.5, 0.6) is 0 Å². The van der Waals surface area contributed by atoms with E-state index in [4.69, 9.17) is 11.6 Å². The second-order valence-electron chi connectivity index (χ2n) is 7.72. The van der Waals surface area contributed by atoms with E-state index in [0.29, 0.717) is 23.9 Å². The predicted octanol–water partition coefficient (Wildman–Crippen LogP) is 4.95. The van der Waals surface area contributed by atoms with Crippen LogP contribution in [0, 0.1) is 35.4 Å². The number of benzene rings is 2. The Labute approximate surface area is 188 Å². The van der Waals surface area contributed by atoms with Gasteiger partial charge in [-0.2, -0.15) is 10.5 Å². The van der Waals surface area contributed by atoms with E-state index in [-0.39, 0.29) is 28.4 Å². The van der Waals surface area contributed by atoms with Crippen LogP contribution < -0.4 is 4.90 Å². The lowest BCUT2D eigenvalue weighted by Gasteiger charge is -2.36. The smallest absolute Gasteiger partial charge is 0.228 e. The molecule has 0 saturated carbocycles. The molecule has 1 aliphatic heterocycles. The number of rotatable bonds is 2. The van der Waals surface area contributed by atoms with Crippen molar-refractivity contribution in [3.8, 4) is 12.1 Å². The first-order valence-corrected chi connectivity index (χ1v) is 10.4. The normalized spacial score (nSPS) is 15.3. The van der Waals surface area contributed by atoms with Gasteiger partial charge in [0.25, 0.3) is 0 Å². The molecule has 2 aromatic heterocycles. The van der Waals surface area contributed by atoms with Gasteiger partial charge in [-0.1, -0.05) is 41.4 Å². The van der Waals surface area contributed by atoms with Crippen LogP contribution in [0.15, 0.2) is 42.5 Å². The number of aromatic amines is 1. The molecule has 3 heterocycles. The minimum Gasteiger partial charge on any atom is -0.356 e. The van der Waals surface area contributed by atoms with Crippen molar-refractivity contribution in [2.24, 2.45) is 0 Å². The van der Waals surface area contributed by atoms with Crippen LogP contribution in [0.25, 0.3) is 10.9 Å². The van der Waals surface area contributed by atoms with E-state index in [1.165, 1.54) is 6.07 Å². The molecular weight excluding hydrogens is 427 g/mol. The van der Waals surface area contributed by atoms with E-state index in [0.717, 1.165) is 22.4 Å². The number of halogens is 2. The van der Waals surface area contributed by atoms with Crippen molar-refractivity contribution in [3.63, 3.8) is 0 Å². The molecule has 0 fully saturated rings. The van der Waals surface area contributed by atoms with Crippen LogP contribution in [0.1, 0.15) is 39.8 Å². The summed E-state index contributed by atoms with van der Waals surface area (Å²) in [6.45, 7) is 2.48. The van der Waals surface area contributed by atoms with Crippen molar-refractivity contribution >= 4 is 28.5 Å². The highest BCUT2D eigenvalue weighted by Crippen LogP contribution is 2.41. The van der Waals surface area contributed by atoms with Gasteiger partial charge in [-0.15, -0.1) is 0 Å². The topological polar surface area (TPSA) is 92.4 Å². The first kappa shape index (κ1) is 20.0. The Balaban J connectivity index is 1.75. The van der Waals surface area contributed by atoms with Crippen molar-refractivity contribution in [1.82, 2.24) is 15.0 Å². The van der Waals surface area contributed by atoms with E-state index in [1.54, 1.807) is 12.1 Å². The number of hydrogen-bond acceptors (Lipinski definition) is 5. The number of anilines is 1. The SMILES string of the molecule is Cc1ccc(C2c3[nH]c4ccc(Cl)c(F)c4c3CCN2c2nc(C#N)cc(C#N)n2)cc1. The van der Waals surface area contributed by atoms with E-state index >= 15 is 0 Å². The number of nitrogens with one attached hydrogen (secondary N) is 1. The van der Waals surface area contributed by atoms with Gasteiger partial charge in [-0.05, 0) is 36.6 Å². The molecule has 0 radical (unpaired) electrons. The number of H-pyrrole nitrogens is 1. The zero-order chi connectivity index (χ0) is 22.4. The largest absolute Gasteiger partial charge is 0.356 e. The minimum absolute atomic E-state index is 0.0809. The van der Waals surface area contributed by atoms with Crippen LogP contribution in [-0.4, -0.2) is 21.5 Å². The quantitative estimate of drug-likeness (QED) is 0.474. The molecule has 1 N–H and O–H groups in total. The lowest BCUT2D eigenvalue weighted by molar-refractivity contribution is 0.619. The first-order chi connectivity index (χ1) is 15.5. The molecule has 2 aromatic carbocycles. The maximum atomic E-state index is 15.0. The predicted molar refractivity (Wildman–Crippen MR) is 119 cm³/mol. The Morgan fingerprint density at radius 3 is 2.44 bits per heavy atom. The summed E-state index contributed by atoms with van der Waals surface area (Å²) >= 11 is 6.07. The Kier molecular flexibility index (Phi) is 4.77. The fourth-order valence-corrected chi connectivity index (χ4v) is 4.46. The monoisotopic (exact) mass is 442 g/mol. The van der Waals surface area contributed by atoms with Gasteiger partial charge in [0.05, 0.1) is 11.1 Å². The molecule has 32 heavy (non-hydrogen) atoms. The van der Waals surface area contributed by atoms with Crippen molar-refractivity contribution in [2.45, 2.75) is 19.4 Å². The maximum absolute atomic E-state index is 15.0. The highest BCUT2D eigenvalue weighted by atomic mass is 35.5. The first-order valence-electron chi connectivity index (χ1n) is 10.0. The van der Waals surface area contributed by atoms with Gasteiger partial charge in [0.2, 0.25) is 5.95 Å². The number of hydrogen-bond donors (Lipinski definition) is 1. The molecule has 0 aliphatic carbocycles. The lowest BCUT2D eigenvalue weighted by Crippen LogP contribution is -2.37. The van der Waals surface area contributed by atoms with E-state index in [2.05, 4.69) is 15.0 Å². The summed E-state index contributed by atoms with van der Waals surface area (Å²) in [5.41, 5.74) is 4.66. The summed E-state index contributed by atoms with van der Waals surface area (Å²) in [7, 11) is 0. The van der Waals surface area contributed by atoms with Crippen LogP contribution in [0.4, 0.5) is 10.3 Å². The Morgan fingerprint density at radius 1 is 1.09 bits per heavy atom. The highest BCUT2D eigenvalue weighted by Gasteiger charge is 2.34. The molecular formula is C24H16ClFN6. The molecule has 0 bridgehead atoms. The molecule has 0 amide bonds. The average molecular weight is 443 g/mol.